The zero-order valence-electron chi connectivity index (χ0n) is 21.0. The number of nitrogens with zero attached hydrogens (tertiary/aromatic N) is 1. The monoisotopic (exact) mass is 461 g/mol. The van der Waals surface area contributed by atoms with E-state index in [2.05, 4.69) is 133 Å². The Balaban J connectivity index is 1.39. The van der Waals surface area contributed by atoms with Crippen LogP contribution in [0.4, 0.5) is 0 Å². The van der Waals surface area contributed by atoms with Gasteiger partial charge in [-0.15, -0.1) is 0 Å². The Bertz CT molecular complexity index is 1300. The first-order chi connectivity index (χ1) is 17.1. The fourth-order valence-electron chi connectivity index (χ4n) is 5.02. The minimum Gasteiger partial charge on any atom is -0.341 e. The molecule has 0 bridgehead atoms. The van der Waals surface area contributed by atoms with E-state index < -0.39 is 0 Å². The second-order valence-corrected chi connectivity index (χ2v) is 9.47. The molecule has 178 valence electrons. The summed E-state index contributed by atoms with van der Waals surface area (Å²) < 4.78 is 2.43. The maximum Gasteiger partial charge on any atom is 0.0491 e. The molecular weight excluding hydrogens is 426 g/mol. The normalized spacial score (nSPS) is 13.3. The Morgan fingerprint density at radius 3 is 1.43 bits per heavy atom. The molecule has 0 aliphatic carbocycles. The number of rotatable bonds is 9. The van der Waals surface area contributed by atoms with Gasteiger partial charge >= 0.3 is 0 Å². The van der Waals surface area contributed by atoms with Crippen molar-refractivity contribution in [3.05, 3.63) is 119 Å². The number of aromatic nitrogens is 1. The fraction of sp³-hybridized carbons (Fsp3) is 0.250. The van der Waals surface area contributed by atoms with Crippen molar-refractivity contribution in [1.29, 1.82) is 0 Å². The van der Waals surface area contributed by atoms with E-state index >= 15 is 0 Å². The molecule has 0 aliphatic rings. The summed E-state index contributed by atoms with van der Waals surface area (Å²) in [5, 5.41) is 10.1. The van der Waals surface area contributed by atoms with Crippen LogP contribution in [0.1, 0.15) is 55.1 Å². The molecule has 0 saturated carbocycles. The quantitative estimate of drug-likeness (QED) is 0.238. The lowest BCUT2D eigenvalue weighted by molar-refractivity contribution is 0.575. The van der Waals surface area contributed by atoms with Crippen LogP contribution in [0.3, 0.4) is 0 Å². The van der Waals surface area contributed by atoms with Crippen LogP contribution in [0.5, 0.6) is 0 Å². The molecule has 3 nitrogen and oxygen atoms in total. The highest BCUT2D eigenvalue weighted by molar-refractivity contribution is 6.08. The van der Waals surface area contributed by atoms with Crippen LogP contribution in [0, 0.1) is 0 Å². The predicted molar refractivity (Wildman–Crippen MR) is 149 cm³/mol. The van der Waals surface area contributed by atoms with Gasteiger partial charge in [0, 0.05) is 53.5 Å². The van der Waals surface area contributed by atoms with Gasteiger partial charge in [-0.2, -0.15) is 0 Å². The Hall–Kier alpha value is -3.40. The van der Waals surface area contributed by atoms with Gasteiger partial charge in [-0.25, -0.2) is 0 Å². The van der Waals surface area contributed by atoms with E-state index in [0.717, 1.165) is 19.6 Å². The lowest BCUT2D eigenvalue weighted by Crippen LogP contribution is -2.18. The number of hydrogen-bond acceptors (Lipinski definition) is 2. The second kappa shape index (κ2) is 10.5. The average Bonchev–Trinajstić information content (AvgIpc) is 3.23. The summed E-state index contributed by atoms with van der Waals surface area (Å²) in [6, 6.07) is 35.8. The highest BCUT2D eigenvalue weighted by atomic mass is 15.0. The molecule has 5 rings (SSSR count). The SMILES string of the molecule is CCn1c2ccc(CN[C@@H](C)c3ccccc3)cc2c2cc(CN[C@@H](C)c3ccccc3)ccc21. The van der Waals surface area contributed by atoms with E-state index in [-0.39, 0.29) is 0 Å². The van der Waals surface area contributed by atoms with Crippen molar-refractivity contribution >= 4 is 21.8 Å². The van der Waals surface area contributed by atoms with Crippen LogP contribution in [0.2, 0.25) is 0 Å². The van der Waals surface area contributed by atoms with Crippen LogP contribution in [-0.4, -0.2) is 4.57 Å². The summed E-state index contributed by atoms with van der Waals surface area (Å²) in [5.74, 6) is 0. The molecule has 0 saturated heterocycles. The topological polar surface area (TPSA) is 29.0 Å². The number of benzene rings is 4. The van der Waals surface area contributed by atoms with Gasteiger partial charge in [0.05, 0.1) is 0 Å². The van der Waals surface area contributed by atoms with Gasteiger partial charge in [-0.05, 0) is 67.3 Å². The molecule has 0 spiro atoms. The predicted octanol–water partition coefficient (Wildman–Crippen LogP) is 7.52. The molecule has 2 atom stereocenters. The third-order valence-corrected chi connectivity index (χ3v) is 7.13. The Kier molecular flexibility index (Phi) is 6.98. The maximum atomic E-state index is 3.69. The molecule has 35 heavy (non-hydrogen) atoms. The Morgan fingerprint density at radius 2 is 1.03 bits per heavy atom. The summed E-state index contributed by atoms with van der Waals surface area (Å²) in [7, 11) is 0. The zero-order chi connectivity index (χ0) is 24.2. The van der Waals surface area contributed by atoms with E-state index in [1.54, 1.807) is 0 Å². The molecule has 2 N–H and O–H groups in total. The number of fused-ring (bicyclic) bond motifs is 3. The van der Waals surface area contributed by atoms with Crippen LogP contribution < -0.4 is 10.6 Å². The van der Waals surface area contributed by atoms with Crippen molar-refractivity contribution in [2.24, 2.45) is 0 Å². The molecule has 4 aromatic carbocycles. The summed E-state index contributed by atoms with van der Waals surface area (Å²) >= 11 is 0. The molecule has 5 aromatic rings. The van der Waals surface area contributed by atoms with Crippen molar-refractivity contribution in [3.63, 3.8) is 0 Å². The number of nitrogens with one attached hydrogen (secondary N) is 2. The summed E-state index contributed by atoms with van der Waals surface area (Å²) in [5.41, 5.74) is 7.89. The van der Waals surface area contributed by atoms with E-state index in [1.807, 2.05) is 0 Å². The molecule has 1 aromatic heterocycles. The number of aryl methyl sites for hydroxylation is 1. The van der Waals surface area contributed by atoms with Gasteiger partial charge in [-0.1, -0.05) is 72.8 Å². The first-order valence-corrected chi connectivity index (χ1v) is 12.7. The van der Waals surface area contributed by atoms with E-state index in [9.17, 15) is 0 Å². The maximum absolute atomic E-state index is 3.69. The lowest BCUT2D eigenvalue weighted by atomic mass is 10.1. The fourth-order valence-corrected chi connectivity index (χ4v) is 5.02. The average molecular weight is 462 g/mol. The van der Waals surface area contributed by atoms with Crippen molar-refractivity contribution in [2.75, 3.05) is 0 Å². The van der Waals surface area contributed by atoms with Crippen molar-refractivity contribution < 1.29 is 0 Å². The standard InChI is InChI=1S/C32H35N3/c1-4-35-31-17-15-25(21-33-23(2)27-11-7-5-8-12-27)19-29(31)30-20-26(16-18-32(30)35)22-34-24(3)28-13-9-6-10-14-28/h5-20,23-24,33-34H,4,21-22H2,1-3H3/t23-,24-/m0/s1. The van der Waals surface area contributed by atoms with Gasteiger partial charge < -0.3 is 15.2 Å². The third-order valence-electron chi connectivity index (χ3n) is 7.13. The van der Waals surface area contributed by atoms with Gasteiger partial charge in [-0.3, -0.25) is 0 Å². The molecular formula is C32H35N3. The largest absolute Gasteiger partial charge is 0.341 e. The highest BCUT2D eigenvalue weighted by Crippen LogP contribution is 2.31. The van der Waals surface area contributed by atoms with Gasteiger partial charge in [0.15, 0.2) is 0 Å². The number of hydrogen-bond donors (Lipinski definition) is 2. The Morgan fingerprint density at radius 1 is 0.600 bits per heavy atom. The van der Waals surface area contributed by atoms with Gasteiger partial charge in [0.1, 0.15) is 0 Å². The van der Waals surface area contributed by atoms with Crippen LogP contribution in [0.15, 0.2) is 97.1 Å². The third kappa shape index (κ3) is 5.02. The molecule has 1 heterocycles. The molecule has 0 unspecified atom stereocenters. The van der Waals surface area contributed by atoms with Gasteiger partial charge in [0.25, 0.3) is 0 Å². The van der Waals surface area contributed by atoms with Crippen molar-refractivity contribution in [2.45, 2.75) is 52.5 Å². The van der Waals surface area contributed by atoms with Crippen LogP contribution in [-0.2, 0) is 19.6 Å². The smallest absolute Gasteiger partial charge is 0.0491 e. The van der Waals surface area contributed by atoms with Crippen molar-refractivity contribution in [3.8, 4) is 0 Å². The summed E-state index contributed by atoms with van der Waals surface area (Å²) in [6.45, 7) is 9.35. The highest BCUT2D eigenvalue weighted by Gasteiger charge is 2.12. The van der Waals surface area contributed by atoms with Crippen LogP contribution in [0.25, 0.3) is 21.8 Å². The zero-order valence-corrected chi connectivity index (χ0v) is 21.0. The molecule has 3 heteroatoms. The minimum atomic E-state index is 0.313. The first kappa shape index (κ1) is 23.3. The van der Waals surface area contributed by atoms with E-state index in [0.29, 0.717) is 12.1 Å². The molecule has 0 aliphatic heterocycles. The van der Waals surface area contributed by atoms with Crippen molar-refractivity contribution in [1.82, 2.24) is 15.2 Å². The summed E-state index contributed by atoms with van der Waals surface area (Å²) in [4.78, 5) is 0. The minimum absolute atomic E-state index is 0.313. The first-order valence-electron chi connectivity index (χ1n) is 12.7. The van der Waals surface area contributed by atoms with Crippen LogP contribution >= 0.6 is 0 Å². The molecule has 0 fully saturated rings. The Labute approximate surface area is 208 Å². The second-order valence-electron chi connectivity index (χ2n) is 9.47. The van der Waals surface area contributed by atoms with E-state index in [4.69, 9.17) is 0 Å². The van der Waals surface area contributed by atoms with E-state index in [1.165, 1.54) is 44.1 Å². The molecule has 0 amide bonds. The van der Waals surface area contributed by atoms with Gasteiger partial charge in [0.2, 0.25) is 0 Å². The summed E-state index contributed by atoms with van der Waals surface area (Å²) in [6.07, 6.45) is 0. The lowest BCUT2D eigenvalue weighted by Gasteiger charge is -2.14. The molecule has 0 radical (unpaired) electrons.